The van der Waals surface area contributed by atoms with Crippen molar-refractivity contribution in [2.45, 2.75) is 52.2 Å². The zero-order chi connectivity index (χ0) is 24.2. The zero-order valence-corrected chi connectivity index (χ0v) is 22.0. The van der Waals surface area contributed by atoms with Crippen molar-refractivity contribution in [3.63, 3.8) is 0 Å². The Labute approximate surface area is 215 Å². The number of hydrogen-bond donors (Lipinski definition) is 1. The number of benzene rings is 1. The van der Waals surface area contributed by atoms with E-state index in [1.54, 1.807) is 6.07 Å². The minimum atomic E-state index is -0.334. The van der Waals surface area contributed by atoms with Crippen LogP contribution in [-0.2, 0) is 28.9 Å². The van der Waals surface area contributed by atoms with Crippen LogP contribution in [0.2, 0.25) is 10.0 Å². The monoisotopic (exact) mass is 523 g/mol. The van der Waals surface area contributed by atoms with Gasteiger partial charge >= 0.3 is 5.97 Å². The standard InChI is InChI=1S/C25H31Cl2N3O3S/c1-16(2)33-25(32)23-19-5-3-4-6-21(19)34-24(23)28-22(31)15-30-11-9-29(10-12-30)14-17-7-8-18(26)13-20(17)27/h7-8,13,16H,3-6,9-12,14-15H2,1-2H3,(H,28,31). The highest BCUT2D eigenvalue weighted by Crippen LogP contribution is 2.38. The first-order chi connectivity index (χ1) is 16.3. The minimum absolute atomic E-state index is 0.0913. The lowest BCUT2D eigenvalue weighted by atomic mass is 9.95. The van der Waals surface area contributed by atoms with Crippen LogP contribution in [0.4, 0.5) is 5.00 Å². The summed E-state index contributed by atoms with van der Waals surface area (Å²) in [5, 5.41) is 4.98. The van der Waals surface area contributed by atoms with Crippen molar-refractivity contribution in [2.24, 2.45) is 0 Å². The van der Waals surface area contributed by atoms with Gasteiger partial charge in [0.15, 0.2) is 0 Å². The van der Waals surface area contributed by atoms with Gasteiger partial charge in [0.25, 0.3) is 0 Å². The number of halogens is 2. The van der Waals surface area contributed by atoms with Crippen LogP contribution in [-0.4, -0.2) is 60.5 Å². The van der Waals surface area contributed by atoms with Crippen LogP contribution in [0.5, 0.6) is 0 Å². The molecule has 1 aliphatic heterocycles. The van der Waals surface area contributed by atoms with E-state index in [4.69, 9.17) is 27.9 Å². The molecule has 1 amide bonds. The normalized spacial score (nSPS) is 17.0. The molecule has 1 aromatic carbocycles. The summed E-state index contributed by atoms with van der Waals surface area (Å²) in [6, 6.07) is 5.59. The van der Waals surface area contributed by atoms with Crippen LogP contribution in [0, 0.1) is 0 Å². The molecule has 2 heterocycles. The van der Waals surface area contributed by atoms with E-state index in [1.807, 2.05) is 26.0 Å². The molecule has 0 unspecified atom stereocenters. The van der Waals surface area contributed by atoms with Crippen LogP contribution in [0.25, 0.3) is 0 Å². The average Bonchev–Trinajstić information content (AvgIpc) is 3.14. The van der Waals surface area contributed by atoms with Crippen LogP contribution >= 0.6 is 34.5 Å². The summed E-state index contributed by atoms with van der Waals surface area (Å²) in [7, 11) is 0. The molecular weight excluding hydrogens is 493 g/mol. The Bertz CT molecular complexity index is 1050. The molecule has 184 valence electrons. The fourth-order valence-electron chi connectivity index (χ4n) is 4.51. The van der Waals surface area contributed by atoms with Crippen LogP contribution < -0.4 is 5.32 Å². The highest BCUT2D eigenvalue weighted by Gasteiger charge is 2.28. The first-order valence-corrected chi connectivity index (χ1v) is 13.4. The van der Waals surface area contributed by atoms with E-state index in [0.29, 0.717) is 27.2 Å². The molecule has 0 atom stereocenters. The van der Waals surface area contributed by atoms with E-state index >= 15 is 0 Å². The van der Waals surface area contributed by atoms with Crippen molar-refractivity contribution < 1.29 is 14.3 Å². The number of piperazine rings is 1. The maximum absolute atomic E-state index is 12.9. The quantitative estimate of drug-likeness (QED) is 0.501. The number of nitrogens with zero attached hydrogens (tertiary/aromatic N) is 2. The number of amides is 1. The van der Waals surface area contributed by atoms with Gasteiger partial charge < -0.3 is 10.1 Å². The number of fused-ring (bicyclic) bond motifs is 1. The zero-order valence-electron chi connectivity index (χ0n) is 19.7. The van der Waals surface area contributed by atoms with Gasteiger partial charge in [-0.3, -0.25) is 14.6 Å². The largest absolute Gasteiger partial charge is 0.459 e. The van der Waals surface area contributed by atoms with Crippen LogP contribution in [0.15, 0.2) is 18.2 Å². The molecule has 34 heavy (non-hydrogen) atoms. The maximum Gasteiger partial charge on any atom is 0.341 e. The maximum atomic E-state index is 12.9. The van der Waals surface area contributed by atoms with Crippen molar-refractivity contribution in [3.8, 4) is 0 Å². The van der Waals surface area contributed by atoms with Crippen LogP contribution in [0.3, 0.4) is 0 Å². The van der Waals surface area contributed by atoms with Crippen molar-refractivity contribution in [2.75, 3.05) is 38.0 Å². The predicted octanol–water partition coefficient (Wildman–Crippen LogP) is 5.26. The van der Waals surface area contributed by atoms with Crippen molar-refractivity contribution >= 4 is 51.4 Å². The molecule has 6 nitrogen and oxygen atoms in total. The molecule has 9 heteroatoms. The van der Waals surface area contributed by atoms with E-state index < -0.39 is 0 Å². The molecule has 1 aromatic heterocycles. The first kappa shape index (κ1) is 25.5. The molecule has 4 rings (SSSR count). The summed E-state index contributed by atoms with van der Waals surface area (Å²) in [6.45, 7) is 8.04. The smallest absolute Gasteiger partial charge is 0.341 e. The van der Waals surface area contributed by atoms with Gasteiger partial charge in [-0.15, -0.1) is 11.3 Å². The van der Waals surface area contributed by atoms with E-state index in [0.717, 1.165) is 69.5 Å². The fourth-order valence-corrected chi connectivity index (χ4v) is 6.27. The highest BCUT2D eigenvalue weighted by atomic mass is 35.5. The Morgan fingerprint density at radius 3 is 2.50 bits per heavy atom. The number of carbonyl (C=O) groups excluding carboxylic acids is 2. The third-order valence-corrected chi connectivity index (χ3v) is 8.01. The number of esters is 1. The summed E-state index contributed by atoms with van der Waals surface area (Å²) in [5.74, 6) is -0.425. The Balaban J connectivity index is 1.34. The second-order valence-corrected chi connectivity index (χ2v) is 11.2. The molecule has 1 aliphatic carbocycles. The average molecular weight is 525 g/mol. The summed E-state index contributed by atoms with van der Waals surface area (Å²) < 4.78 is 5.49. The van der Waals surface area contributed by atoms with Crippen molar-refractivity contribution in [1.29, 1.82) is 0 Å². The van der Waals surface area contributed by atoms with Crippen LogP contribution in [0.1, 0.15) is 53.1 Å². The Morgan fingerprint density at radius 1 is 1.09 bits per heavy atom. The topological polar surface area (TPSA) is 61.9 Å². The summed E-state index contributed by atoms with van der Waals surface area (Å²) >= 11 is 13.8. The van der Waals surface area contributed by atoms with E-state index in [9.17, 15) is 9.59 Å². The summed E-state index contributed by atoms with van der Waals surface area (Å²) in [5.41, 5.74) is 2.68. The van der Waals surface area contributed by atoms with Gasteiger partial charge in [-0.25, -0.2) is 4.79 Å². The fraction of sp³-hybridized carbons (Fsp3) is 0.520. The molecule has 0 bridgehead atoms. The molecule has 1 saturated heterocycles. The number of thiophene rings is 1. The minimum Gasteiger partial charge on any atom is -0.459 e. The SMILES string of the molecule is CC(C)OC(=O)c1c(NC(=O)CN2CCN(Cc3ccc(Cl)cc3Cl)CC2)sc2c1CCCC2. The van der Waals surface area contributed by atoms with Gasteiger partial charge in [0.1, 0.15) is 5.00 Å². The van der Waals surface area contributed by atoms with E-state index in [-0.39, 0.29) is 18.0 Å². The number of rotatable bonds is 7. The van der Waals surface area contributed by atoms with Crippen molar-refractivity contribution in [1.82, 2.24) is 9.80 Å². The molecule has 0 saturated carbocycles. The third kappa shape index (κ3) is 6.32. The van der Waals surface area contributed by atoms with Gasteiger partial charge in [0, 0.05) is 47.6 Å². The lowest BCUT2D eigenvalue weighted by molar-refractivity contribution is -0.117. The van der Waals surface area contributed by atoms with Gasteiger partial charge in [-0.2, -0.15) is 0 Å². The number of hydrogen-bond acceptors (Lipinski definition) is 6. The van der Waals surface area contributed by atoms with E-state index in [2.05, 4.69) is 15.1 Å². The van der Waals surface area contributed by atoms with Gasteiger partial charge in [0.05, 0.1) is 18.2 Å². The third-order valence-electron chi connectivity index (χ3n) is 6.21. The molecule has 1 fully saturated rings. The second-order valence-electron chi connectivity index (χ2n) is 9.21. The Hall–Kier alpha value is -1.64. The molecular formula is C25H31Cl2N3O3S. The number of ether oxygens (including phenoxy) is 1. The lowest BCUT2D eigenvalue weighted by Gasteiger charge is -2.34. The predicted molar refractivity (Wildman–Crippen MR) is 138 cm³/mol. The molecule has 0 spiro atoms. The van der Waals surface area contributed by atoms with Gasteiger partial charge in [0.2, 0.25) is 5.91 Å². The molecule has 1 N–H and O–H groups in total. The molecule has 2 aromatic rings. The highest BCUT2D eigenvalue weighted by molar-refractivity contribution is 7.17. The number of nitrogens with one attached hydrogen (secondary N) is 1. The number of carbonyl (C=O) groups is 2. The van der Waals surface area contributed by atoms with Crippen molar-refractivity contribution in [3.05, 3.63) is 49.8 Å². The summed E-state index contributed by atoms with van der Waals surface area (Å²) in [4.78, 5) is 31.4. The van der Waals surface area contributed by atoms with E-state index in [1.165, 1.54) is 16.2 Å². The molecule has 0 radical (unpaired) electrons. The number of anilines is 1. The van der Waals surface area contributed by atoms with Gasteiger partial charge in [-0.05, 0) is 62.8 Å². The number of aryl methyl sites for hydroxylation is 1. The Morgan fingerprint density at radius 2 is 1.79 bits per heavy atom. The van der Waals surface area contributed by atoms with Gasteiger partial charge in [-0.1, -0.05) is 29.3 Å². The first-order valence-electron chi connectivity index (χ1n) is 11.8. The Kier molecular flexibility index (Phi) is 8.53. The summed E-state index contributed by atoms with van der Waals surface area (Å²) in [6.07, 6.45) is 3.80. The molecule has 2 aliphatic rings. The second kappa shape index (κ2) is 11.4. The lowest BCUT2D eigenvalue weighted by Crippen LogP contribution is -2.48.